The molecule has 0 bridgehead atoms. The molecule has 1 heterocycles. The summed E-state index contributed by atoms with van der Waals surface area (Å²) >= 11 is 0. The molecule has 0 aromatic heterocycles. The molecule has 0 saturated carbocycles. The lowest BCUT2D eigenvalue weighted by Crippen LogP contribution is -2.48. The van der Waals surface area contributed by atoms with Gasteiger partial charge in [0, 0.05) is 37.9 Å². The van der Waals surface area contributed by atoms with E-state index in [0.29, 0.717) is 6.04 Å². The van der Waals surface area contributed by atoms with Crippen LogP contribution in [0.1, 0.15) is 41.0 Å². The van der Waals surface area contributed by atoms with Crippen LogP contribution in [0.25, 0.3) is 0 Å². The molecular formula is C15H31N3. The summed E-state index contributed by atoms with van der Waals surface area (Å²) in [5, 5.41) is 3.45. The Morgan fingerprint density at radius 3 is 2.50 bits per heavy atom. The number of hydrogen-bond donors (Lipinski definition) is 1. The second kappa shape index (κ2) is 7.80. The van der Waals surface area contributed by atoms with Gasteiger partial charge in [0.1, 0.15) is 0 Å². The van der Waals surface area contributed by atoms with Gasteiger partial charge in [0.05, 0.1) is 0 Å². The zero-order valence-electron chi connectivity index (χ0n) is 12.9. The van der Waals surface area contributed by atoms with Gasteiger partial charge in [-0.2, -0.15) is 0 Å². The fraction of sp³-hybridized carbons (Fsp3) is 0.867. The van der Waals surface area contributed by atoms with Crippen LogP contribution in [0.2, 0.25) is 0 Å². The molecule has 18 heavy (non-hydrogen) atoms. The first-order valence-electron chi connectivity index (χ1n) is 7.46. The third kappa shape index (κ3) is 4.29. The van der Waals surface area contributed by atoms with Crippen molar-refractivity contribution in [1.29, 1.82) is 0 Å². The number of nitrogens with one attached hydrogen (secondary N) is 1. The van der Waals surface area contributed by atoms with E-state index in [2.05, 4.69) is 49.7 Å². The van der Waals surface area contributed by atoms with Gasteiger partial charge in [-0.15, -0.1) is 0 Å². The van der Waals surface area contributed by atoms with E-state index in [1.807, 2.05) is 0 Å². The van der Waals surface area contributed by atoms with Gasteiger partial charge in [-0.05, 0) is 40.3 Å². The maximum absolute atomic E-state index is 3.45. The molecule has 0 spiro atoms. The van der Waals surface area contributed by atoms with Crippen molar-refractivity contribution in [2.45, 2.75) is 47.1 Å². The van der Waals surface area contributed by atoms with Gasteiger partial charge in [0.25, 0.3) is 0 Å². The molecule has 0 amide bonds. The maximum Gasteiger partial charge on any atom is 0.0383 e. The fourth-order valence-corrected chi connectivity index (χ4v) is 2.63. The molecule has 0 radical (unpaired) electrons. The molecule has 1 N–H and O–H groups in total. The molecule has 1 atom stereocenters. The molecule has 1 unspecified atom stereocenters. The molecule has 1 rings (SSSR count). The Kier molecular flexibility index (Phi) is 6.72. The molecule has 3 heteroatoms. The number of piperazine rings is 1. The zero-order valence-corrected chi connectivity index (χ0v) is 12.9. The van der Waals surface area contributed by atoms with Gasteiger partial charge in [0.2, 0.25) is 0 Å². The normalized spacial score (nSPS) is 22.3. The first-order chi connectivity index (χ1) is 8.60. The largest absolute Gasteiger partial charge is 0.370 e. The van der Waals surface area contributed by atoms with Crippen LogP contribution in [0.3, 0.4) is 0 Å². The molecular weight excluding hydrogens is 222 g/mol. The van der Waals surface area contributed by atoms with Crippen LogP contribution in [0, 0.1) is 0 Å². The second-order valence-electron chi connectivity index (χ2n) is 5.39. The predicted octanol–water partition coefficient (Wildman–Crippen LogP) is 2.31. The lowest BCUT2D eigenvalue weighted by atomic mass is 10.1. The van der Waals surface area contributed by atoms with E-state index in [9.17, 15) is 0 Å². The minimum atomic E-state index is 0.627. The van der Waals surface area contributed by atoms with Crippen molar-refractivity contribution in [2.75, 3.05) is 39.3 Å². The van der Waals surface area contributed by atoms with Gasteiger partial charge >= 0.3 is 0 Å². The summed E-state index contributed by atoms with van der Waals surface area (Å²) in [4.78, 5) is 5.06. The Balaban J connectivity index is 2.54. The van der Waals surface area contributed by atoms with Crippen molar-refractivity contribution in [3.05, 3.63) is 11.3 Å². The zero-order chi connectivity index (χ0) is 13.5. The lowest BCUT2D eigenvalue weighted by molar-refractivity contribution is 0.220. The van der Waals surface area contributed by atoms with Crippen molar-refractivity contribution < 1.29 is 0 Å². The minimum absolute atomic E-state index is 0.627. The monoisotopic (exact) mass is 253 g/mol. The third-order valence-electron chi connectivity index (χ3n) is 4.25. The Labute approximate surface area is 113 Å². The van der Waals surface area contributed by atoms with Crippen molar-refractivity contribution in [1.82, 2.24) is 15.1 Å². The number of hydrogen-bond acceptors (Lipinski definition) is 3. The van der Waals surface area contributed by atoms with Crippen LogP contribution in [0.4, 0.5) is 0 Å². The summed E-state index contributed by atoms with van der Waals surface area (Å²) in [7, 11) is 0. The van der Waals surface area contributed by atoms with Gasteiger partial charge in [-0.3, -0.25) is 0 Å². The van der Waals surface area contributed by atoms with E-state index in [0.717, 1.165) is 32.7 Å². The standard InChI is InChI=1S/C15H31N3/c1-6-17(7-2)10-8-13(3)15(5)18-11-9-16-12-14(18)4/h14,16H,6-12H2,1-5H3/b15-13-. The summed E-state index contributed by atoms with van der Waals surface area (Å²) in [6, 6.07) is 0.627. The summed E-state index contributed by atoms with van der Waals surface area (Å²) in [5.74, 6) is 0. The van der Waals surface area contributed by atoms with E-state index in [1.165, 1.54) is 18.7 Å². The maximum atomic E-state index is 3.45. The van der Waals surface area contributed by atoms with Crippen LogP contribution in [-0.4, -0.2) is 55.1 Å². The van der Waals surface area contributed by atoms with Crippen LogP contribution in [0.15, 0.2) is 11.3 Å². The number of rotatable bonds is 6. The highest BCUT2D eigenvalue weighted by molar-refractivity contribution is 5.11. The molecule has 0 aromatic carbocycles. The Hall–Kier alpha value is -0.540. The third-order valence-corrected chi connectivity index (χ3v) is 4.25. The quantitative estimate of drug-likeness (QED) is 0.783. The van der Waals surface area contributed by atoms with E-state index in [4.69, 9.17) is 0 Å². The van der Waals surface area contributed by atoms with Gasteiger partial charge < -0.3 is 15.1 Å². The average molecular weight is 253 g/mol. The highest BCUT2D eigenvalue weighted by Gasteiger charge is 2.18. The highest BCUT2D eigenvalue weighted by Crippen LogP contribution is 2.17. The van der Waals surface area contributed by atoms with Crippen LogP contribution < -0.4 is 5.32 Å². The van der Waals surface area contributed by atoms with E-state index >= 15 is 0 Å². The molecule has 0 aliphatic carbocycles. The van der Waals surface area contributed by atoms with Crippen LogP contribution >= 0.6 is 0 Å². The van der Waals surface area contributed by atoms with Gasteiger partial charge in [0.15, 0.2) is 0 Å². The van der Waals surface area contributed by atoms with E-state index < -0.39 is 0 Å². The Morgan fingerprint density at radius 1 is 1.28 bits per heavy atom. The molecule has 106 valence electrons. The van der Waals surface area contributed by atoms with Gasteiger partial charge in [-0.1, -0.05) is 19.4 Å². The summed E-state index contributed by atoms with van der Waals surface area (Å²) < 4.78 is 0. The molecule has 1 aliphatic rings. The average Bonchev–Trinajstić information content (AvgIpc) is 2.39. The van der Waals surface area contributed by atoms with Crippen LogP contribution in [0.5, 0.6) is 0 Å². The Bertz CT molecular complexity index is 269. The fourth-order valence-electron chi connectivity index (χ4n) is 2.63. The van der Waals surface area contributed by atoms with Crippen molar-refractivity contribution >= 4 is 0 Å². The van der Waals surface area contributed by atoms with Crippen LogP contribution in [-0.2, 0) is 0 Å². The van der Waals surface area contributed by atoms with E-state index in [-0.39, 0.29) is 0 Å². The van der Waals surface area contributed by atoms with Crippen molar-refractivity contribution in [3.8, 4) is 0 Å². The van der Waals surface area contributed by atoms with Gasteiger partial charge in [-0.25, -0.2) is 0 Å². The topological polar surface area (TPSA) is 18.5 Å². The van der Waals surface area contributed by atoms with Crippen molar-refractivity contribution in [2.24, 2.45) is 0 Å². The smallest absolute Gasteiger partial charge is 0.0383 e. The summed E-state index contributed by atoms with van der Waals surface area (Å²) in [5.41, 5.74) is 3.05. The first-order valence-corrected chi connectivity index (χ1v) is 7.46. The first kappa shape index (κ1) is 15.5. The van der Waals surface area contributed by atoms with E-state index in [1.54, 1.807) is 5.57 Å². The highest BCUT2D eigenvalue weighted by atomic mass is 15.2. The van der Waals surface area contributed by atoms with Crippen molar-refractivity contribution in [3.63, 3.8) is 0 Å². The molecule has 3 nitrogen and oxygen atoms in total. The number of allylic oxidation sites excluding steroid dienone is 1. The second-order valence-corrected chi connectivity index (χ2v) is 5.39. The predicted molar refractivity (Wildman–Crippen MR) is 79.8 cm³/mol. The minimum Gasteiger partial charge on any atom is -0.370 e. The summed E-state index contributed by atoms with van der Waals surface area (Å²) in [6.45, 7) is 18.3. The molecule has 1 aliphatic heterocycles. The number of nitrogens with zero attached hydrogens (tertiary/aromatic N) is 2. The summed E-state index contributed by atoms with van der Waals surface area (Å²) in [6.07, 6.45) is 1.20. The molecule has 0 aromatic rings. The SMILES string of the molecule is CCN(CC)CC/C(C)=C(/C)N1CCNCC1C. The molecule has 1 saturated heterocycles. The lowest BCUT2D eigenvalue weighted by Gasteiger charge is -2.37. The molecule has 1 fully saturated rings. The Morgan fingerprint density at radius 2 is 1.94 bits per heavy atom.